The highest BCUT2D eigenvalue weighted by Crippen LogP contribution is 2.29. The number of hydrogen-bond acceptors (Lipinski definition) is 2. The van der Waals surface area contributed by atoms with Crippen LogP contribution in [0, 0.1) is 11.8 Å². The van der Waals surface area contributed by atoms with Crippen LogP contribution in [-0.2, 0) is 0 Å². The lowest BCUT2D eigenvalue weighted by Crippen LogP contribution is -2.38. The van der Waals surface area contributed by atoms with E-state index in [-0.39, 0.29) is 0 Å². The van der Waals surface area contributed by atoms with Crippen molar-refractivity contribution in [1.29, 1.82) is 0 Å². The third-order valence-electron chi connectivity index (χ3n) is 4.10. The second-order valence-electron chi connectivity index (χ2n) is 5.50. The van der Waals surface area contributed by atoms with Crippen LogP contribution in [0.5, 0.6) is 0 Å². The SMILES string of the molecule is CC1CC(C)N(C[C@@H]2CCC[C@@H]2N)C1. The molecular weight excluding hydrogens is 172 g/mol. The average molecular weight is 196 g/mol. The fraction of sp³-hybridized carbons (Fsp3) is 1.00. The highest BCUT2D eigenvalue weighted by molar-refractivity contribution is 4.87. The van der Waals surface area contributed by atoms with E-state index in [2.05, 4.69) is 18.7 Å². The predicted octanol–water partition coefficient (Wildman–Crippen LogP) is 1.84. The molecule has 2 rings (SSSR count). The topological polar surface area (TPSA) is 29.3 Å². The summed E-state index contributed by atoms with van der Waals surface area (Å²) in [7, 11) is 0. The van der Waals surface area contributed by atoms with Crippen molar-refractivity contribution in [3.63, 3.8) is 0 Å². The third kappa shape index (κ3) is 2.12. The van der Waals surface area contributed by atoms with Crippen LogP contribution in [0.3, 0.4) is 0 Å². The van der Waals surface area contributed by atoms with E-state index in [1.165, 1.54) is 38.8 Å². The fourth-order valence-corrected chi connectivity index (χ4v) is 3.23. The first-order chi connectivity index (χ1) is 6.66. The molecule has 4 atom stereocenters. The summed E-state index contributed by atoms with van der Waals surface area (Å²) in [6, 6.07) is 1.27. The van der Waals surface area contributed by atoms with Crippen molar-refractivity contribution in [1.82, 2.24) is 4.90 Å². The van der Waals surface area contributed by atoms with E-state index in [1.54, 1.807) is 0 Å². The molecule has 2 heteroatoms. The summed E-state index contributed by atoms with van der Waals surface area (Å²) in [6.45, 7) is 7.28. The van der Waals surface area contributed by atoms with Crippen LogP contribution in [0.25, 0.3) is 0 Å². The molecule has 0 radical (unpaired) electrons. The predicted molar refractivity (Wildman–Crippen MR) is 60.1 cm³/mol. The van der Waals surface area contributed by atoms with Crippen molar-refractivity contribution in [2.24, 2.45) is 17.6 Å². The number of hydrogen-bond donors (Lipinski definition) is 1. The Hall–Kier alpha value is -0.0800. The zero-order valence-corrected chi connectivity index (χ0v) is 9.58. The molecule has 1 aliphatic carbocycles. The second kappa shape index (κ2) is 4.19. The van der Waals surface area contributed by atoms with E-state index in [4.69, 9.17) is 5.73 Å². The maximum atomic E-state index is 6.11. The molecule has 2 fully saturated rings. The van der Waals surface area contributed by atoms with Crippen molar-refractivity contribution in [3.05, 3.63) is 0 Å². The van der Waals surface area contributed by atoms with Gasteiger partial charge in [0, 0.05) is 25.2 Å². The van der Waals surface area contributed by atoms with Crippen LogP contribution in [0.15, 0.2) is 0 Å². The quantitative estimate of drug-likeness (QED) is 0.730. The molecule has 82 valence electrons. The molecule has 0 aromatic rings. The van der Waals surface area contributed by atoms with Crippen LogP contribution in [-0.4, -0.2) is 30.1 Å². The number of rotatable bonds is 2. The molecule has 0 bridgehead atoms. The lowest BCUT2D eigenvalue weighted by atomic mass is 10.0. The van der Waals surface area contributed by atoms with Gasteiger partial charge in [-0.15, -0.1) is 0 Å². The van der Waals surface area contributed by atoms with Gasteiger partial charge in [0.25, 0.3) is 0 Å². The summed E-state index contributed by atoms with van der Waals surface area (Å²) in [4.78, 5) is 2.65. The Bertz CT molecular complexity index is 193. The summed E-state index contributed by atoms with van der Waals surface area (Å²) >= 11 is 0. The van der Waals surface area contributed by atoms with Gasteiger partial charge in [0.1, 0.15) is 0 Å². The summed E-state index contributed by atoms with van der Waals surface area (Å²) < 4.78 is 0. The third-order valence-corrected chi connectivity index (χ3v) is 4.10. The molecule has 1 saturated carbocycles. The van der Waals surface area contributed by atoms with E-state index in [0.717, 1.165) is 17.9 Å². The fourth-order valence-electron chi connectivity index (χ4n) is 3.23. The molecule has 1 aliphatic heterocycles. The van der Waals surface area contributed by atoms with Crippen molar-refractivity contribution < 1.29 is 0 Å². The molecule has 1 heterocycles. The Morgan fingerprint density at radius 2 is 2.07 bits per heavy atom. The lowest BCUT2D eigenvalue weighted by molar-refractivity contribution is 0.215. The van der Waals surface area contributed by atoms with E-state index in [0.29, 0.717) is 6.04 Å². The molecular formula is C12H24N2. The van der Waals surface area contributed by atoms with Crippen LogP contribution in [0.1, 0.15) is 39.5 Å². The Balaban J connectivity index is 1.85. The first-order valence-corrected chi connectivity index (χ1v) is 6.16. The molecule has 1 saturated heterocycles. The van der Waals surface area contributed by atoms with Crippen LogP contribution in [0.2, 0.25) is 0 Å². The van der Waals surface area contributed by atoms with Crippen LogP contribution < -0.4 is 5.73 Å². The second-order valence-corrected chi connectivity index (χ2v) is 5.50. The van der Waals surface area contributed by atoms with Gasteiger partial charge in [-0.05, 0) is 38.0 Å². The Morgan fingerprint density at radius 3 is 2.57 bits per heavy atom. The first-order valence-electron chi connectivity index (χ1n) is 6.16. The zero-order chi connectivity index (χ0) is 10.1. The Morgan fingerprint density at radius 1 is 1.29 bits per heavy atom. The Labute approximate surface area is 87.8 Å². The Kier molecular flexibility index (Phi) is 3.13. The molecule has 2 unspecified atom stereocenters. The minimum absolute atomic E-state index is 0.484. The molecule has 0 spiro atoms. The lowest BCUT2D eigenvalue weighted by Gasteiger charge is -2.26. The van der Waals surface area contributed by atoms with Crippen LogP contribution >= 0.6 is 0 Å². The summed E-state index contributed by atoms with van der Waals surface area (Å²) in [5.41, 5.74) is 6.11. The van der Waals surface area contributed by atoms with Crippen LogP contribution in [0.4, 0.5) is 0 Å². The monoisotopic (exact) mass is 196 g/mol. The standard InChI is InChI=1S/C12H24N2/c1-9-6-10(2)14(7-9)8-11-4-3-5-12(11)13/h9-12H,3-8,13H2,1-2H3/t9?,10?,11-,12-/m0/s1. The van der Waals surface area contributed by atoms with Gasteiger partial charge in [-0.2, -0.15) is 0 Å². The van der Waals surface area contributed by atoms with Gasteiger partial charge in [-0.1, -0.05) is 13.3 Å². The van der Waals surface area contributed by atoms with Crippen molar-refractivity contribution in [2.75, 3.05) is 13.1 Å². The number of nitrogens with zero attached hydrogens (tertiary/aromatic N) is 1. The summed E-state index contributed by atoms with van der Waals surface area (Å²) in [5, 5.41) is 0. The average Bonchev–Trinajstić information content (AvgIpc) is 2.62. The van der Waals surface area contributed by atoms with Crippen molar-refractivity contribution in [3.8, 4) is 0 Å². The highest BCUT2D eigenvalue weighted by atomic mass is 15.2. The van der Waals surface area contributed by atoms with Gasteiger partial charge in [-0.3, -0.25) is 0 Å². The summed E-state index contributed by atoms with van der Waals surface area (Å²) in [6.07, 6.45) is 5.34. The molecule has 14 heavy (non-hydrogen) atoms. The largest absolute Gasteiger partial charge is 0.327 e. The van der Waals surface area contributed by atoms with Gasteiger partial charge < -0.3 is 10.6 Å². The van der Waals surface area contributed by atoms with Crippen molar-refractivity contribution >= 4 is 0 Å². The van der Waals surface area contributed by atoms with E-state index in [9.17, 15) is 0 Å². The van der Waals surface area contributed by atoms with E-state index >= 15 is 0 Å². The normalized spacial score (nSPS) is 44.8. The maximum absolute atomic E-state index is 6.11. The minimum Gasteiger partial charge on any atom is -0.327 e. The van der Waals surface area contributed by atoms with Gasteiger partial charge in [0.2, 0.25) is 0 Å². The minimum atomic E-state index is 0.484. The van der Waals surface area contributed by atoms with Crippen molar-refractivity contribution in [2.45, 2.75) is 51.6 Å². The highest BCUT2D eigenvalue weighted by Gasteiger charge is 2.31. The summed E-state index contributed by atoms with van der Waals surface area (Å²) in [5.74, 6) is 1.67. The molecule has 2 N–H and O–H groups in total. The molecule has 0 aromatic carbocycles. The van der Waals surface area contributed by atoms with Gasteiger partial charge >= 0.3 is 0 Å². The molecule has 2 nitrogen and oxygen atoms in total. The van der Waals surface area contributed by atoms with E-state index < -0.39 is 0 Å². The number of nitrogens with two attached hydrogens (primary N) is 1. The molecule has 2 aliphatic rings. The van der Waals surface area contributed by atoms with Gasteiger partial charge in [-0.25, -0.2) is 0 Å². The maximum Gasteiger partial charge on any atom is 0.00793 e. The smallest absolute Gasteiger partial charge is 0.00793 e. The zero-order valence-electron chi connectivity index (χ0n) is 9.58. The molecule has 0 aromatic heterocycles. The molecule has 0 amide bonds. The van der Waals surface area contributed by atoms with E-state index in [1.807, 2.05) is 0 Å². The van der Waals surface area contributed by atoms with Gasteiger partial charge in [0.15, 0.2) is 0 Å². The number of likely N-dealkylation sites (tertiary alicyclic amines) is 1. The first kappa shape index (κ1) is 10.4. The van der Waals surface area contributed by atoms with Gasteiger partial charge in [0.05, 0.1) is 0 Å².